The van der Waals surface area contributed by atoms with Gasteiger partial charge in [-0.2, -0.15) is 0 Å². The van der Waals surface area contributed by atoms with Gasteiger partial charge in [-0.3, -0.25) is 0 Å². The summed E-state index contributed by atoms with van der Waals surface area (Å²) in [4.78, 5) is 5.17. The molecule has 1 aliphatic rings. The Morgan fingerprint density at radius 1 is 1.17 bits per heavy atom. The third-order valence-electron chi connectivity index (χ3n) is 4.09. The van der Waals surface area contributed by atoms with Crippen molar-refractivity contribution in [2.24, 2.45) is 0 Å². The standard InChI is InChI=1S/C15H33N3/c1-13(2)16-9-6-10-17(5)15-7-11-18(12-8-15)14(3)4/h13-16H,6-12H2,1-5H3. The molecular formula is C15H33N3. The quantitative estimate of drug-likeness (QED) is 0.704. The summed E-state index contributed by atoms with van der Waals surface area (Å²) < 4.78 is 0. The van der Waals surface area contributed by atoms with Gasteiger partial charge in [0.1, 0.15) is 0 Å². The van der Waals surface area contributed by atoms with E-state index in [1.54, 1.807) is 0 Å². The molecule has 1 aliphatic heterocycles. The molecule has 0 unspecified atom stereocenters. The van der Waals surface area contributed by atoms with E-state index in [4.69, 9.17) is 0 Å². The van der Waals surface area contributed by atoms with Gasteiger partial charge in [0.15, 0.2) is 0 Å². The minimum absolute atomic E-state index is 0.615. The van der Waals surface area contributed by atoms with E-state index in [1.165, 1.54) is 38.9 Å². The first-order valence-electron chi connectivity index (χ1n) is 7.68. The van der Waals surface area contributed by atoms with Crippen LogP contribution in [-0.4, -0.2) is 61.2 Å². The molecule has 0 aromatic carbocycles. The molecule has 1 heterocycles. The molecule has 3 heteroatoms. The van der Waals surface area contributed by atoms with Crippen molar-refractivity contribution in [3.8, 4) is 0 Å². The van der Waals surface area contributed by atoms with E-state index in [1.807, 2.05) is 0 Å². The normalized spacial score (nSPS) is 19.3. The molecule has 1 N–H and O–H groups in total. The number of piperidine rings is 1. The van der Waals surface area contributed by atoms with Crippen molar-refractivity contribution in [2.45, 2.75) is 65.1 Å². The largest absolute Gasteiger partial charge is 0.314 e. The Bertz CT molecular complexity index is 208. The molecule has 1 saturated heterocycles. The highest BCUT2D eigenvalue weighted by Crippen LogP contribution is 2.17. The van der Waals surface area contributed by atoms with Crippen molar-refractivity contribution in [1.82, 2.24) is 15.1 Å². The van der Waals surface area contributed by atoms with Gasteiger partial charge in [-0.1, -0.05) is 13.8 Å². The minimum Gasteiger partial charge on any atom is -0.314 e. The van der Waals surface area contributed by atoms with Crippen molar-refractivity contribution in [3.63, 3.8) is 0 Å². The van der Waals surface area contributed by atoms with Crippen molar-refractivity contribution in [2.75, 3.05) is 33.2 Å². The summed E-state index contributed by atoms with van der Waals surface area (Å²) >= 11 is 0. The second kappa shape index (κ2) is 8.13. The fraction of sp³-hybridized carbons (Fsp3) is 1.00. The third kappa shape index (κ3) is 5.68. The van der Waals surface area contributed by atoms with Crippen LogP contribution in [-0.2, 0) is 0 Å². The molecule has 0 aliphatic carbocycles. The molecule has 3 nitrogen and oxygen atoms in total. The topological polar surface area (TPSA) is 18.5 Å². The summed E-state index contributed by atoms with van der Waals surface area (Å²) in [6.07, 6.45) is 3.94. The average Bonchev–Trinajstić information content (AvgIpc) is 2.34. The zero-order valence-electron chi connectivity index (χ0n) is 13.1. The van der Waals surface area contributed by atoms with E-state index < -0.39 is 0 Å². The van der Waals surface area contributed by atoms with E-state index in [0.717, 1.165) is 12.6 Å². The number of hydrogen-bond donors (Lipinski definition) is 1. The monoisotopic (exact) mass is 255 g/mol. The van der Waals surface area contributed by atoms with Crippen LogP contribution in [0.5, 0.6) is 0 Å². The Hall–Kier alpha value is -0.120. The Balaban J connectivity index is 2.14. The number of nitrogens with zero attached hydrogens (tertiary/aromatic N) is 2. The van der Waals surface area contributed by atoms with Crippen LogP contribution >= 0.6 is 0 Å². The summed E-state index contributed by atoms with van der Waals surface area (Å²) in [5.41, 5.74) is 0. The van der Waals surface area contributed by atoms with Crippen LogP contribution in [0.2, 0.25) is 0 Å². The number of hydrogen-bond acceptors (Lipinski definition) is 3. The first-order valence-corrected chi connectivity index (χ1v) is 7.68. The Morgan fingerprint density at radius 3 is 2.28 bits per heavy atom. The molecule has 0 spiro atoms. The van der Waals surface area contributed by atoms with Crippen LogP contribution in [0.4, 0.5) is 0 Å². The van der Waals surface area contributed by atoms with Gasteiger partial charge in [0.2, 0.25) is 0 Å². The fourth-order valence-corrected chi connectivity index (χ4v) is 2.74. The lowest BCUT2D eigenvalue weighted by atomic mass is 10.0. The minimum atomic E-state index is 0.615. The van der Waals surface area contributed by atoms with Crippen LogP contribution in [0.3, 0.4) is 0 Å². The zero-order valence-corrected chi connectivity index (χ0v) is 13.1. The van der Waals surface area contributed by atoms with Gasteiger partial charge >= 0.3 is 0 Å². The van der Waals surface area contributed by atoms with Crippen molar-refractivity contribution < 1.29 is 0 Å². The molecule has 18 heavy (non-hydrogen) atoms. The molecule has 0 aromatic rings. The van der Waals surface area contributed by atoms with Crippen molar-refractivity contribution in [3.05, 3.63) is 0 Å². The summed E-state index contributed by atoms with van der Waals surface area (Å²) in [6.45, 7) is 14.0. The highest BCUT2D eigenvalue weighted by molar-refractivity contribution is 4.79. The van der Waals surface area contributed by atoms with Gasteiger partial charge in [-0.05, 0) is 66.3 Å². The van der Waals surface area contributed by atoms with Gasteiger partial charge in [0.25, 0.3) is 0 Å². The molecule has 0 radical (unpaired) electrons. The maximum Gasteiger partial charge on any atom is 0.0117 e. The maximum absolute atomic E-state index is 3.49. The first kappa shape index (κ1) is 15.9. The number of nitrogens with one attached hydrogen (secondary N) is 1. The van der Waals surface area contributed by atoms with Crippen LogP contribution < -0.4 is 5.32 Å². The summed E-state index contributed by atoms with van der Waals surface area (Å²) in [6, 6.07) is 2.13. The highest BCUT2D eigenvalue weighted by atomic mass is 15.2. The van der Waals surface area contributed by atoms with Crippen molar-refractivity contribution >= 4 is 0 Å². The summed E-state index contributed by atoms with van der Waals surface area (Å²) in [5, 5.41) is 3.49. The summed E-state index contributed by atoms with van der Waals surface area (Å²) in [5.74, 6) is 0. The van der Waals surface area contributed by atoms with E-state index in [-0.39, 0.29) is 0 Å². The molecular weight excluding hydrogens is 222 g/mol. The Labute approximate surface area is 114 Å². The number of rotatable bonds is 7. The smallest absolute Gasteiger partial charge is 0.0117 e. The Morgan fingerprint density at radius 2 is 1.78 bits per heavy atom. The van der Waals surface area contributed by atoms with Crippen LogP contribution in [0.25, 0.3) is 0 Å². The zero-order chi connectivity index (χ0) is 13.5. The molecule has 1 rings (SSSR count). The van der Waals surface area contributed by atoms with E-state index in [2.05, 4.69) is 49.9 Å². The predicted octanol–water partition coefficient (Wildman–Crippen LogP) is 2.18. The molecule has 0 bridgehead atoms. The van der Waals surface area contributed by atoms with Gasteiger partial charge in [0.05, 0.1) is 0 Å². The SMILES string of the molecule is CC(C)NCCCN(C)C1CCN(C(C)C)CC1. The summed E-state index contributed by atoms with van der Waals surface area (Å²) in [7, 11) is 2.30. The lowest BCUT2D eigenvalue weighted by Gasteiger charge is -2.38. The Kier molecular flexibility index (Phi) is 7.20. The lowest BCUT2D eigenvalue weighted by Crippen LogP contribution is -2.46. The van der Waals surface area contributed by atoms with Gasteiger partial charge in [-0.15, -0.1) is 0 Å². The molecule has 0 saturated carbocycles. The third-order valence-corrected chi connectivity index (χ3v) is 4.09. The maximum atomic E-state index is 3.49. The molecule has 108 valence electrons. The van der Waals surface area contributed by atoms with Crippen LogP contribution in [0.1, 0.15) is 47.0 Å². The second-order valence-corrected chi connectivity index (χ2v) is 6.30. The van der Waals surface area contributed by atoms with E-state index >= 15 is 0 Å². The van der Waals surface area contributed by atoms with E-state index in [9.17, 15) is 0 Å². The highest BCUT2D eigenvalue weighted by Gasteiger charge is 2.23. The lowest BCUT2D eigenvalue weighted by molar-refractivity contribution is 0.107. The molecule has 0 atom stereocenters. The molecule has 1 fully saturated rings. The fourth-order valence-electron chi connectivity index (χ4n) is 2.74. The first-order chi connectivity index (χ1) is 8.50. The second-order valence-electron chi connectivity index (χ2n) is 6.30. The van der Waals surface area contributed by atoms with Gasteiger partial charge < -0.3 is 15.1 Å². The van der Waals surface area contributed by atoms with Gasteiger partial charge in [0, 0.05) is 18.1 Å². The van der Waals surface area contributed by atoms with Crippen molar-refractivity contribution in [1.29, 1.82) is 0 Å². The average molecular weight is 255 g/mol. The van der Waals surface area contributed by atoms with Crippen LogP contribution in [0, 0.1) is 0 Å². The molecule has 0 aromatic heterocycles. The van der Waals surface area contributed by atoms with Crippen LogP contribution in [0.15, 0.2) is 0 Å². The van der Waals surface area contributed by atoms with E-state index in [0.29, 0.717) is 12.1 Å². The van der Waals surface area contributed by atoms with Gasteiger partial charge in [-0.25, -0.2) is 0 Å². The number of likely N-dealkylation sites (tertiary alicyclic amines) is 1. The predicted molar refractivity (Wildman–Crippen MR) is 80.1 cm³/mol. The molecule has 0 amide bonds.